The molecule has 2 heterocycles. The van der Waals surface area contributed by atoms with Crippen LogP contribution < -0.4 is 15.6 Å². The predicted octanol–water partition coefficient (Wildman–Crippen LogP) is 3.95. The van der Waals surface area contributed by atoms with Crippen LogP contribution in [0, 0.1) is 4.77 Å². The minimum atomic E-state index is -0.467. The van der Waals surface area contributed by atoms with Crippen LogP contribution in [0.15, 0.2) is 72.1 Å². The van der Waals surface area contributed by atoms with Crippen LogP contribution in [-0.4, -0.2) is 33.2 Å². The number of H-pyrrole nitrogens is 1. The van der Waals surface area contributed by atoms with Crippen LogP contribution in [0.1, 0.15) is 6.42 Å². The molecule has 2 aromatic carbocycles. The molecule has 10 heteroatoms. The fourth-order valence-corrected chi connectivity index (χ4v) is 4.11. The Balaban J connectivity index is 1.27. The maximum absolute atomic E-state index is 12.2. The molecule has 0 spiro atoms. The van der Waals surface area contributed by atoms with Crippen LogP contribution in [0.25, 0.3) is 21.8 Å². The van der Waals surface area contributed by atoms with Gasteiger partial charge in [-0.15, -0.1) is 11.3 Å². The van der Waals surface area contributed by atoms with Crippen molar-refractivity contribution in [3.8, 4) is 27.6 Å². The molecule has 0 fully saturated rings. The van der Waals surface area contributed by atoms with Gasteiger partial charge in [-0.25, -0.2) is 0 Å². The van der Waals surface area contributed by atoms with Gasteiger partial charge in [0.25, 0.3) is 5.91 Å². The van der Waals surface area contributed by atoms with Gasteiger partial charge in [-0.1, -0.05) is 54.6 Å². The van der Waals surface area contributed by atoms with E-state index in [2.05, 4.69) is 21.0 Å². The van der Waals surface area contributed by atoms with Gasteiger partial charge in [-0.05, 0) is 35.3 Å². The van der Waals surface area contributed by atoms with Gasteiger partial charge in [0.2, 0.25) is 5.91 Å². The monoisotopic (exact) mass is 479 g/mol. The summed E-state index contributed by atoms with van der Waals surface area (Å²) in [5.41, 5.74) is 6.66. The van der Waals surface area contributed by atoms with Crippen molar-refractivity contribution in [2.24, 2.45) is 0 Å². The normalized spacial score (nSPS) is 10.5. The molecule has 8 nitrogen and oxygen atoms in total. The lowest BCUT2D eigenvalue weighted by Crippen LogP contribution is -2.44. The first-order valence-electron chi connectivity index (χ1n) is 10.2. The quantitative estimate of drug-likeness (QED) is 0.262. The number of aromatic nitrogens is 3. The second-order valence-corrected chi connectivity index (χ2v) is 8.31. The van der Waals surface area contributed by atoms with Crippen molar-refractivity contribution >= 4 is 35.4 Å². The molecule has 0 aliphatic heterocycles. The highest BCUT2D eigenvalue weighted by molar-refractivity contribution is 7.71. The summed E-state index contributed by atoms with van der Waals surface area (Å²) in [6.45, 7) is 0.0880. The Labute approximate surface area is 199 Å². The second kappa shape index (κ2) is 10.7. The summed E-state index contributed by atoms with van der Waals surface area (Å²) < 4.78 is 7.87. The SMILES string of the molecule is O=C(CCn1c(-c2cccs2)n[nH]c1=S)NNC(=O)COc1ccccc1-c1ccccc1. The summed E-state index contributed by atoms with van der Waals surface area (Å²) in [7, 11) is 0. The average molecular weight is 480 g/mol. The molecule has 0 bridgehead atoms. The number of aromatic amines is 1. The number of hydrogen-bond acceptors (Lipinski definition) is 6. The van der Waals surface area contributed by atoms with E-state index in [1.54, 1.807) is 10.6 Å². The van der Waals surface area contributed by atoms with Gasteiger partial charge < -0.3 is 4.74 Å². The summed E-state index contributed by atoms with van der Waals surface area (Å²) in [5, 5.41) is 8.93. The number of nitrogens with zero attached hydrogens (tertiary/aromatic N) is 2. The lowest BCUT2D eigenvalue weighted by atomic mass is 10.1. The molecule has 33 heavy (non-hydrogen) atoms. The van der Waals surface area contributed by atoms with E-state index in [1.165, 1.54) is 11.3 Å². The lowest BCUT2D eigenvalue weighted by Gasteiger charge is -2.12. The van der Waals surface area contributed by atoms with E-state index in [1.807, 2.05) is 66.0 Å². The van der Waals surface area contributed by atoms with Crippen LogP contribution in [0.2, 0.25) is 0 Å². The summed E-state index contributed by atoms with van der Waals surface area (Å²) in [6.07, 6.45) is 0.115. The van der Waals surface area contributed by atoms with Crippen molar-refractivity contribution in [2.75, 3.05) is 6.61 Å². The number of para-hydroxylation sites is 1. The van der Waals surface area contributed by atoms with Gasteiger partial charge in [-0.3, -0.25) is 30.1 Å². The highest BCUT2D eigenvalue weighted by Gasteiger charge is 2.13. The van der Waals surface area contributed by atoms with Crippen LogP contribution >= 0.6 is 23.6 Å². The van der Waals surface area contributed by atoms with E-state index in [4.69, 9.17) is 17.0 Å². The van der Waals surface area contributed by atoms with Crippen molar-refractivity contribution < 1.29 is 14.3 Å². The van der Waals surface area contributed by atoms with Crippen molar-refractivity contribution in [1.82, 2.24) is 25.6 Å². The van der Waals surface area contributed by atoms with Crippen LogP contribution in [-0.2, 0) is 16.1 Å². The molecule has 0 radical (unpaired) electrons. The molecular formula is C23H21N5O3S2. The van der Waals surface area contributed by atoms with E-state index >= 15 is 0 Å². The first-order chi connectivity index (χ1) is 16.1. The Hall–Kier alpha value is -3.76. The molecule has 0 aliphatic carbocycles. The second-order valence-electron chi connectivity index (χ2n) is 6.98. The third kappa shape index (κ3) is 5.73. The smallest absolute Gasteiger partial charge is 0.276 e. The zero-order valence-corrected chi connectivity index (χ0v) is 19.1. The Kier molecular flexibility index (Phi) is 7.28. The van der Waals surface area contributed by atoms with Gasteiger partial charge in [-0.2, -0.15) is 5.10 Å². The number of rotatable bonds is 8. The minimum absolute atomic E-state index is 0.115. The molecule has 3 N–H and O–H groups in total. The molecule has 4 rings (SSSR count). The maximum Gasteiger partial charge on any atom is 0.276 e. The predicted molar refractivity (Wildman–Crippen MR) is 129 cm³/mol. The largest absolute Gasteiger partial charge is 0.483 e. The molecule has 0 unspecified atom stereocenters. The third-order valence-electron chi connectivity index (χ3n) is 4.73. The summed E-state index contributed by atoms with van der Waals surface area (Å²) >= 11 is 6.80. The van der Waals surface area contributed by atoms with Crippen molar-refractivity contribution in [2.45, 2.75) is 13.0 Å². The molecule has 2 aromatic heterocycles. The van der Waals surface area contributed by atoms with Crippen LogP contribution in [0.4, 0.5) is 0 Å². The van der Waals surface area contributed by atoms with Crippen molar-refractivity contribution in [3.63, 3.8) is 0 Å². The summed E-state index contributed by atoms with van der Waals surface area (Å²) in [4.78, 5) is 25.4. The highest BCUT2D eigenvalue weighted by atomic mass is 32.1. The van der Waals surface area contributed by atoms with E-state index in [9.17, 15) is 9.59 Å². The number of thiophene rings is 1. The number of carbonyl (C=O) groups excluding carboxylic acids is 2. The highest BCUT2D eigenvalue weighted by Crippen LogP contribution is 2.29. The third-order valence-corrected chi connectivity index (χ3v) is 5.91. The Bertz CT molecular complexity index is 1280. The van der Waals surface area contributed by atoms with Gasteiger partial charge in [0.15, 0.2) is 17.2 Å². The molecule has 168 valence electrons. The standard InChI is InChI=1S/C23H21N5O3S2/c29-20(12-13-28-22(26-27-23(28)32)19-11-6-14-33-19)24-25-21(30)15-31-18-10-5-4-9-17(18)16-7-2-1-3-8-16/h1-11,14H,12-13,15H2,(H,24,29)(H,25,30)(H,27,32). The topological polar surface area (TPSA) is 101 Å². The Morgan fingerprint density at radius 2 is 1.76 bits per heavy atom. The Morgan fingerprint density at radius 1 is 1.00 bits per heavy atom. The molecule has 0 saturated carbocycles. The van der Waals surface area contributed by atoms with Crippen molar-refractivity contribution in [1.29, 1.82) is 0 Å². The molecule has 0 aliphatic rings. The van der Waals surface area contributed by atoms with Gasteiger partial charge in [0.05, 0.1) is 4.88 Å². The number of hydrogen-bond donors (Lipinski definition) is 3. The molecular weight excluding hydrogens is 458 g/mol. The number of hydrazine groups is 1. The lowest BCUT2D eigenvalue weighted by molar-refractivity contribution is -0.130. The fraction of sp³-hybridized carbons (Fsp3) is 0.130. The molecule has 0 atom stereocenters. The van der Waals surface area contributed by atoms with Crippen molar-refractivity contribution in [3.05, 3.63) is 76.9 Å². The van der Waals surface area contributed by atoms with Gasteiger partial charge >= 0.3 is 0 Å². The minimum Gasteiger partial charge on any atom is -0.483 e. The summed E-state index contributed by atoms with van der Waals surface area (Å²) in [6, 6.07) is 21.1. The zero-order chi connectivity index (χ0) is 23.0. The average Bonchev–Trinajstić information content (AvgIpc) is 3.50. The van der Waals surface area contributed by atoms with E-state index < -0.39 is 5.91 Å². The number of carbonyl (C=O) groups is 2. The van der Waals surface area contributed by atoms with E-state index in [0.717, 1.165) is 16.0 Å². The van der Waals surface area contributed by atoms with E-state index in [0.29, 0.717) is 22.9 Å². The van der Waals surface area contributed by atoms with E-state index in [-0.39, 0.29) is 18.9 Å². The fourth-order valence-electron chi connectivity index (χ4n) is 3.16. The van der Waals surface area contributed by atoms with Gasteiger partial charge in [0.1, 0.15) is 5.75 Å². The van der Waals surface area contributed by atoms with Crippen LogP contribution in [0.5, 0.6) is 5.75 Å². The van der Waals surface area contributed by atoms with Crippen LogP contribution in [0.3, 0.4) is 0 Å². The maximum atomic E-state index is 12.2. The number of nitrogens with one attached hydrogen (secondary N) is 3. The molecule has 0 saturated heterocycles. The Morgan fingerprint density at radius 3 is 2.55 bits per heavy atom. The number of amides is 2. The summed E-state index contributed by atoms with van der Waals surface area (Å²) in [5.74, 6) is 0.441. The molecule has 2 amide bonds. The first-order valence-corrected chi connectivity index (χ1v) is 11.4. The van der Waals surface area contributed by atoms with Gasteiger partial charge in [0, 0.05) is 18.5 Å². The number of ether oxygens (including phenoxy) is 1. The number of benzene rings is 2. The zero-order valence-electron chi connectivity index (χ0n) is 17.5. The first kappa shape index (κ1) is 22.4. The molecule has 4 aromatic rings.